The number of ether oxygens (including phenoxy) is 2. The van der Waals surface area contributed by atoms with E-state index in [9.17, 15) is 0 Å². The Balaban J connectivity index is 2.25. The third-order valence-electron chi connectivity index (χ3n) is 3.73. The fraction of sp³-hybridized carbons (Fsp3) is 1.00. The topological polar surface area (TPSA) is 44.5 Å². The molecule has 16 heavy (non-hydrogen) atoms. The Hall–Kier alpha value is -0.120. The van der Waals surface area contributed by atoms with E-state index in [2.05, 4.69) is 13.8 Å². The van der Waals surface area contributed by atoms with Crippen LogP contribution in [0.3, 0.4) is 0 Å². The van der Waals surface area contributed by atoms with E-state index in [1.807, 2.05) is 0 Å². The molecule has 2 N–H and O–H groups in total. The second-order valence-corrected chi connectivity index (χ2v) is 5.40. The van der Waals surface area contributed by atoms with Crippen LogP contribution in [0.4, 0.5) is 0 Å². The van der Waals surface area contributed by atoms with Crippen LogP contribution in [0.2, 0.25) is 0 Å². The van der Waals surface area contributed by atoms with E-state index in [0.29, 0.717) is 12.0 Å². The lowest BCUT2D eigenvalue weighted by Gasteiger charge is -2.32. The second kappa shape index (κ2) is 6.58. The molecule has 1 saturated carbocycles. The molecular weight excluding hydrogens is 202 g/mol. The minimum Gasteiger partial charge on any atom is -0.379 e. The van der Waals surface area contributed by atoms with Gasteiger partial charge in [-0.15, -0.1) is 0 Å². The quantitative estimate of drug-likeness (QED) is 0.760. The van der Waals surface area contributed by atoms with Crippen molar-refractivity contribution in [3.05, 3.63) is 0 Å². The first-order valence-electron chi connectivity index (χ1n) is 6.46. The van der Waals surface area contributed by atoms with Gasteiger partial charge in [-0.1, -0.05) is 12.8 Å². The highest BCUT2D eigenvalue weighted by molar-refractivity contribution is 4.77. The van der Waals surface area contributed by atoms with E-state index in [-0.39, 0.29) is 5.60 Å². The highest BCUT2D eigenvalue weighted by Crippen LogP contribution is 2.26. The summed E-state index contributed by atoms with van der Waals surface area (Å²) in [5.41, 5.74) is 5.70. The maximum atomic E-state index is 5.96. The lowest BCUT2D eigenvalue weighted by Crippen LogP contribution is -2.34. The second-order valence-electron chi connectivity index (χ2n) is 5.40. The van der Waals surface area contributed by atoms with Gasteiger partial charge in [-0.3, -0.25) is 0 Å². The molecular formula is C13H27NO2. The highest BCUT2D eigenvalue weighted by atomic mass is 16.5. The summed E-state index contributed by atoms with van der Waals surface area (Å²) in [5, 5.41) is 0. The standard InChI is InChI=1S/C13H27NO2/c1-13(2,15-3)8-9-16-12-7-5-4-6-11(12)10-14/h11-12H,4-10,14H2,1-3H3. The molecule has 2 unspecified atom stereocenters. The van der Waals surface area contributed by atoms with Crippen molar-refractivity contribution in [3.8, 4) is 0 Å². The van der Waals surface area contributed by atoms with E-state index in [1.54, 1.807) is 7.11 Å². The lowest BCUT2D eigenvalue weighted by molar-refractivity contribution is -0.0495. The predicted octanol–water partition coefficient (Wildman–Crippen LogP) is 2.34. The average Bonchev–Trinajstić information content (AvgIpc) is 2.29. The molecule has 0 radical (unpaired) electrons. The molecule has 3 nitrogen and oxygen atoms in total. The van der Waals surface area contributed by atoms with Crippen molar-refractivity contribution < 1.29 is 9.47 Å². The van der Waals surface area contributed by atoms with Crippen LogP contribution in [-0.4, -0.2) is 32.0 Å². The zero-order valence-electron chi connectivity index (χ0n) is 11.0. The molecule has 96 valence electrons. The van der Waals surface area contributed by atoms with Crippen LogP contribution >= 0.6 is 0 Å². The van der Waals surface area contributed by atoms with E-state index >= 15 is 0 Å². The van der Waals surface area contributed by atoms with Crippen molar-refractivity contribution in [2.75, 3.05) is 20.3 Å². The van der Waals surface area contributed by atoms with Crippen LogP contribution in [0.1, 0.15) is 46.0 Å². The maximum Gasteiger partial charge on any atom is 0.0644 e. The van der Waals surface area contributed by atoms with Gasteiger partial charge in [0.25, 0.3) is 0 Å². The minimum atomic E-state index is -0.0765. The summed E-state index contributed by atoms with van der Waals surface area (Å²) in [6, 6.07) is 0. The molecule has 1 aliphatic rings. The first-order chi connectivity index (χ1) is 7.59. The smallest absolute Gasteiger partial charge is 0.0644 e. The third-order valence-corrected chi connectivity index (χ3v) is 3.73. The Labute approximate surface area is 99.7 Å². The summed E-state index contributed by atoms with van der Waals surface area (Å²) in [6.45, 7) is 5.73. The summed E-state index contributed by atoms with van der Waals surface area (Å²) < 4.78 is 11.3. The Bertz CT molecular complexity index is 194. The van der Waals surface area contributed by atoms with Crippen LogP contribution in [-0.2, 0) is 9.47 Å². The molecule has 0 bridgehead atoms. The third kappa shape index (κ3) is 4.40. The Morgan fingerprint density at radius 3 is 2.56 bits per heavy atom. The minimum absolute atomic E-state index is 0.0765. The number of rotatable bonds is 6. The van der Waals surface area contributed by atoms with Gasteiger partial charge in [-0.2, -0.15) is 0 Å². The number of methoxy groups -OCH3 is 1. The van der Waals surface area contributed by atoms with Crippen molar-refractivity contribution in [1.29, 1.82) is 0 Å². The number of hydrogen-bond acceptors (Lipinski definition) is 3. The molecule has 0 spiro atoms. The van der Waals surface area contributed by atoms with Crippen LogP contribution in [0.25, 0.3) is 0 Å². The van der Waals surface area contributed by atoms with Gasteiger partial charge in [0, 0.05) is 13.7 Å². The van der Waals surface area contributed by atoms with Gasteiger partial charge in [0.05, 0.1) is 11.7 Å². The molecule has 0 saturated heterocycles. The van der Waals surface area contributed by atoms with Gasteiger partial charge in [-0.05, 0) is 45.6 Å². The first-order valence-corrected chi connectivity index (χ1v) is 6.46. The monoisotopic (exact) mass is 229 g/mol. The molecule has 0 aromatic heterocycles. The van der Waals surface area contributed by atoms with E-state index in [1.165, 1.54) is 25.7 Å². The van der Waals surface area contributed by atoms with Gasteiger partial charge in [0.1, 0.15) is 0 Å². The normalized spacial score (nSPS) is 27.0. The zero-order valence-corrected chi connectivity index (χ0v) is 11.0. The number of hydrogen-bond donors (Lipinski definition) is 1. The van der Waals surface area contributed by atoms with E-state index in [4.69, 9.17) is 15.2 Å². The van der Waals surface area contributed by atoms with Gasteiger partial charge in [-0.25, -0.2) is 0 Å². The van der Waals surface area contributed by atoms with Gasteiger partial charge >= 0.3 is 0 Å². The Morgan fingerprint density at radius 1 is 1.25 bits per heavy atom. The summed E-state index contributed by atoms with van der Waals surface area (Å²) in [5.74, 6) is 0.569. The molecule has 0 aliphatic heterocycles. The van der Waals surface area contributed by atoms with Crippen molar-refractivity contribution in [1.82, 2.24) is 0 Å². The van der Waals surface area contributed by atoms with Crippen LogP contribution in [0.15, 0.2) is 0 Å². The summed E-state index contributed by atoms with van der Waals surface area (Å²) in [4.78, 5) is 0. The molecule has 0 heterocycles. The highest BCUT2D eigenvalue weighted by Gasteiger charge is 2.25. The van der Waals surface area contributed by atoms with Crippen molar-refractivity contribution >= 4 is 0 Å². The van der Waals surface area contributed by atoms with E-state index < -0.39 is 0 Å². The summed E-state index contributed by atoms with van der Waals surface area (Å²) in [7, 11) is 1.75. The zero-order chi connectivity index (χ0) is 12.0. The van der Waals surface area contributed by atoms with Gasteiger partial charge < -0.3 is 15.2 Å². The van der Waals surface area contributed by atoms with Gasteiger partial charge in [0.15, 0.2) is 0 Å². The van der Waals surface area contributed by atoms with Crippen molar-refractivity contribution in [2.24, 2.45) is 11.7 Å². The molecule has 0 amide bonds. The van der Waals surface area contributed by atoms with Crippen molar-refractivity contribution in [3.63, 3.8) is 0 Å². The molecule has 1 fully saturated rings. The van der Waals surface area contributed by atoms with E-state index in [0.717, 1.165) is 19.6 Å². The lowest BCUT2D eigenvalue weighted by atomic mass is 9.86. The maximum absolute atomic E-state index is 5.96. The summed E-state index contributed by atoms with van der Waals surface area (Å²) >= 11 is 0. The molecule has 1 aliphatic carbocycles. The number of nitrogens with two attached hydrogens (primary N) is 1. The predicted molar refractivity (Wildman–Crippen MR) is 66.5 cm³/mol. The molecule has 1 rings (SSSR count). The van der Waals surface area contributed by atoms with Crippen LogP contribution in [0, 0.1) is 5.92 Å². The largest absolute Gasteiger partial charge is 0.379 e. The molecule has 0 aromatic rings. The first kappa shape index (κ1) is 13.9. The van der Waals surface area contributed by atoms with Crippen LogP contribution in [0.5, 0.6) is 0 Å². The Kier molecular flexibility index (Phi) is 5.73. The average molecular weight is 229 g/mol. The molecule has 2 atom stereocenters. The fourth-order valence-corrected chi connectivity index (χ4v) is 2.22. The molecule has 0 aromatic carbocycles. The Morgan fingerprint density at radius 2 is 1.94 bits per heavy atom. The van der Waals surface area contributed by atoms with Gasteiger partial charge in [0.2, 0.25) is 0 Å². The molecule has 3 heteroatoms. The van der Waals surface area contributed by atoms with Crippen molar-refractivity contribution in [2.45, 2.75) is 57.7 Å². The SMILES string of the molecule is COC(C)(C)CCOC1CCCCC1CN. The van der Waals surface area contributed by atoms with Crippen LogP contribution < -0.4 is 5.73 Å². The fourth-order valence-electron chi connectivity index (χ4n) is 2.22. The summed E-state index contributed by atoms with van der Waals surface area (Å²) in [6.07, 6.45) is 6.33.